The molecule has 0 radical (unpaired) electrons. The average molecular weight is 693 g/mol. The molecule has 12 aromatic rings. The van der Waals surface area contributed by atoms with Crippen LogP contribution in [0.5, 0.6) is 0 Å². The van der Waals surface area contributed by atoms with E-state index < -0.39 is 0 Å². The summed E-state index contributed by atoms with van der Waals surface area (Å²) < 4.78 is 4.86. The fraction of sp³-hybridized carbons (Fsp3) is 0. The molecule has 0 fully saturated rings. The molecule has 4 aromatic heterocycles. The zero-order valence-electron chi connectivity index (χ0n) is 28.3. The van der Waals surface area contributed by atoms with Crippen LogP contribution in [0.25, 0.3) is 114 Å². The maximum absolute atomic E-state index is 5.28. The number of nitrogens with zero attached hydrogens (tertiary/aromatic N) is 3. The van der Waals surface area contributed by atoms with E-state index in [1.807, 2.05) is 23.5 Å². The average Bonchev–Trinajstić information content (AvgIpc) is 3.88. The third-order valence-corrected chi connectivity index (χ3v) is 12.1. The lowest BCUT2D eigenvalue weighted by atomic mass is 9.94. The Morgan fingerprint density at radius 2 is 1.15 bits per heavy atom. The van der Waals surface area contributed by atoms with E-state index in [2.05, 4.69) is 161 Å². The number of rotatable bonds is 3. The Bertz CT molecular complexity index is 3460. The van der Waals surface area contributed by atoms with Gasteiger partial charge in [-0.05, 0) is 65.0 Å². The maximum atomic E-state index is 5.28. The van der Waals surface area contributed by atoms with Gasteiger partial charge in [0.25, 0.3) is 0 Å². The molecule has 53 heavy (non-hydrogen) atoms. The molecule has 8 aromatic carbocycles. The van der Waals surface area contributed by atoms with Crippen LogP contribution in [0.15, 0.2) is 164 Å². The van der Waals surface area contributed by atoms with Gasteiger partial charge in [0.1, 0.15) is 0 Å². The summed E-state index contributed by atoms with van der Waals surface area (Å²) in [5.74, 6) is 0.666. The number of nitrogens with one attached hydrogen (secondary N) is 1. The van der Waals surface area contributed by atoms with Gasteiger partial charge in [-0.15, -0.1) is 11.3 Å². The van der Waals surface area contributed by atoms with Gasteiger partial charge in [-0.25, -0.2) is 9.97 Å². The lowest BCUT2D eigenvalue weighted by Crippen LogP contribution is -2.03. The number of fused-ring (bicyclic) bond motifs is 12. The van der Waals surface area contributed by atoms with Crippen molar-refractivity contribution in [3.8, 4) is 28.3 Å². The predicted molar refractivity (Wildman–Crippen MR) is 225 cm³/mol. The lowest BCUT2D eigenvalue weighted by molar-refractivity contribution is 1.01. The monoisotopic (exact) mass is 692 g/mol. The molecular weight excluding hydrogens is 665 g/mol. The molecule has 5 heteroatoms. The molecule has 4 heterocycles. The zero-order valence-corrected chi connectivity index (χ0v) is 29.2. The molecule has 0 spiro atoms. The Kier molecular flexibility index (Phi) is 5.90. The largest absolute Gasteiger partial charge is 0.354 e. The first kappa shape index (κ1) is 28.8. The van der Waals surface area contributed by atoms with E-state index in [1.165, 1.54) is 74.6 Å². The summed E-state index contributed by atoms with van der Waals surface area (Å²) in [5.41, 5.74) is 9.83. The van der Waals surface area contributed by atoms with Crippen LogP contribution in [-0.2, 0) is 0 Å². The van der Waals surface area contributed by atoms with Gasteiger partial charge < -0.3 is 4.98 Å². The van der Waals surface area contributed by atoms with Crippen molar-refractivity contribution in [1.82, 2.24) is 19.5 Å². The van der Waals surface area contributed by atoms with Crippen LogP contribution < -0.4 is 0 Å². The number of hydrogen-bond donors (Lipinski definition) is 1. The minimum absolute atomic E-state index is 0.666. The standard InChI is InChI=1S/C48H28N4S/c1-2-12-28(13-3-1)46-34-18-6-9-19-40(34)50-48(51-46)52-42-20-10-7-15-31(42)37-24-29(22-23-43(37)52)35-25-39-36-26-38-32-16-8-11-21-44(32)53-45(38)27-41(36)49-47(39)33-17-5-4-14-30(33)35/h1-27,49H. The van der Waals surface area contributed by atoms with Crippen LogP contribution in [0.4, 0.5) is 0 Å². The van der Waals surface area contributed by atoms with Gasteiger partial charge in [0, 0.05) is 63.6 Å². The highest BCUT2D eigenvalue weighted by Gasteiger charge is 2.20. The van der Waals surface area contributed by atoms with Crippen molar-refractivity contribution in [3.05, 3.63) is 164 Å². The number of aromatic nitrogens is 4. The Balaban J connectivity index is 1.11. The van der Waals surface area contributed by atoms with E-state index in [-0.39, 0.29) is 0 Å². The molecule has 1 N–H and O–H groups in total. The minimum Gasteiger partial charge on any atom is -0.354 e. The summed E-state index contributed by atoms with van der Waals surface area (Å²) in [7, 11) is 0. The highest BCUT2D eigenvalue weighted by atomic mass is 32.1. The van der Waals surface area contributed by atoms with E-state index in [0.717, 1.165) is 33.2 Å². The molecule has 0 amide bonds. The number of benzene rings is 8. The SMILES string of the molecule is c1ccc(-c2nc(-n3c4ccccc4c4cc(-c5cc6c7cc8c(cc7[nH]c6c6ccccc56)sc5ccccc58)ccc43)nc3ccccc23)cc1. The molecule has 0 atom stereocenters. The summed E-state index contributed by atoms with van der Waals surface area (Å²) in [5, 5.41) is 11.0. The van der Waals surface area contributed by atoms with Gasteiger partial charge in [0.05, 0.1) is 27.8 Å². The summed E-state index contributed by atoms with van der Waals surface area (Å²) in [4.78, 5) is 14.3. The highest BCUT2D eigenvalue weighted by Crippen LogP contribution is 2.43. The minimum atomic E-state index is 0.666. The van der Waals surface area contributed by atoms with Crippen molar-refractivity contribution in [2.24, 2.45) is 0 Å². The number of thiophene rings is 1. The number of aromatic amines is 1. The molecular formula is C48H28N4S. The summed E-state index contributed by atoms with van der Waals surface area (Å²) in [6, 6.07) is 58.9. The zero-order chi connectivity index (χ0) is 34.6. The molecule has 0 saturated heterocycles. The van der Waals surface area contributed by atoms with Crippen LogP contribution in [0.1, 0.15) is 0 Å². The van der Waals surface area contributed by atoms with Crippen LogP contribution in [-0.4, -0.2) is 19.5 Å². The first-order chi connectivity index (χ1) is 26.3. The van der Waals surface area contributed by atoms with Crippen molar-refractivity contribution in [2.75, 3.05) is 0 Å². The van der Waals surface area contributed by atoms with Gasteiger partial charge in [0.2, 0.25) is 5.95 Å². The van der Waals surface area contributed by atoms with Crippen molar-refractivity contribution in [2.45, 2.75) is 0 Å². The number of hydrogen-bond acceptors (Lipinski definition) is 3. The highest BCUT2D eigenvalue weighted by molar-refractivity contribution is 7.25. The molecule has 0 bridgehead atoms. The smallest absolute Gasteiger partial charge is 0.235 e. The van der Waals surface area contributed by atoms with Crippen LogP contribution in [0.3, 0.4) is 0 Å². The Labute approximate surface area is 307 Å². The molecule has 4 nitrogen and oxygen atoms in total. The number of H-pyrrole nitrogens is 1. The van der Waals surface area contributed by atoms with Gasteiger partial charge in [-0.1, -0.05) is 115 Å². The van der Waals surface area contributed by atoms with Gasteiger partial charge in [-0.2, -0.15) is 0 Å². The van der Waals surface area contributed by atoms with Gasteiger partial charge in [-0.3, -0.25) is 4.57 Å². The molecule has 246 valence electrons. The third-order valence-electron chi connectivity index (χ3n) is 10.9. The first-order valence-corrected chi connectivity index (χ1v) is 18.7. The van der Waals surface area contributed by atoms with Gasteiger partial charge >= 0.3 is 0 Å². The second-order valence-corrected chi connectivity index (χ2v) is 14.9. The molecule has 0 aliphatic rings. The normalized spacial score (nSPS) is 12.2. The van der Waals surface area contributed by atoms with Crippen molar-refractivity contribution < 1.29 is 0 Å². The van der Waals surface area contributed by atoms with Crippen LogP contribution in [0.2, 0.25) is 0 Å². The Hall–Kier alpha value is -6.82. The second kappa shape index (κ2) is 10.8. The van der Waals surface area contributed by atoms with Crippen LogP contribution in [0, 0.1) is 0 Å². The van der Waals surface area contributed by atoms with E-state index in [0.29, 0.717) is 5.95 Å². The topological polar surface area (TPSA) is 46.5 Å². The lowest BCUT2D eigenvalue weighted by Gasteiger charge is -2.12. The predicted octanol–water partition coefficient (Wildman–Crippen LogP) is 13.2. The maximum Gasteiger partial charge on any atom is 0.235 e. The Morgan fingerprint density at radius 3 is 2.04 bits per heavy atom. The van der Waals surface area contributed by atoms with Crippen molar-refractivity contribution >= 4 is 96.8 Å². The summed E-state index contributed by atoms with van der Waals surface area (Å²) in [6.07, 6.45) is 0. The third kappa shape index (κ3) is 4.17. The van der Waals surface area contributed by atoms with Crippen LogP contribution >= 0.6 is 11.3 Å². The van der Waals surface area contributed by atoms with Crippen molar-refractivity contribution in [3.63, 3.8) is 0 Å². The van der Waals surface area contributed by atoms with Gasteiger partial charge in [0.15, 0.2) is 0 Å². The Morgan fingerprint density at radius 1 is 0.434 bits per heavy atom. The first-order valence-electron chi connectivity index (χ1n) is 17.9. The fourth-order valence-electron chi connectivity index (χ4n) is 8.53. The van der Waals surface area contributed by atoms with Crippen molar-refractivity contribution in [1.29, 1.82) is 0 Å². The van der Waals surface area contributed by atoms with E-state index >= 15 is 0 Å². The molecule has 12 rings (SSSR count). The molecule has 0 unspecified atom stereocenters. The van der Waals surface area contributed by atoms with E-state index in [1.54, 1.807) is 0 Å². The molecule has 0 aliphatic heterocycles. The molecule has 0 saturated carbocycles. The quantitative estimate of drug-likeness (QED) is 0.200. The summed E-state index contributed by atoms with van der Waals surface area (Å²) >= 11 is 1.86. The van der Waals surface area contributed by atoms with E-state index in [4.69, 9.17) is 9.97 Å². The summed E-state index contributed by atoms with van der Waals surface area (Å²) in [6.45, 7) is 0. The fourth-order valence-corrected chi connectivity index (χ4v) is 9.66. The van der Waals surface area contributed by atoms with E-state index in [9.17, 15) is 0 Å². The number of para-hydroxylation sites is 2. The molecule has 0 aliphatic carbocycles. The second-order valence-electron chi connectivity index (χ2n) is 13.8.